The van der Waals surface area contributed by atoms with Gasteiger partial charge in [-0.2, -0.15) is 0 Å². The highest BCUT2D eigenvalue weighted by Gasteiger charge is 2.20. The predicted molar refractivity (Wildman–Crippen MR) is 70.0 cm³/mol. The molecule has 1 aromatic rings. The maximum absolute atomic E-state index is 11.9. The Kier molecular flexibility index (Phi) is 4.74. The first-order valence-corrected chi connectivity index (χ1v) is 5.94. The Bertz CT molecular complexity index is 488. The van der Waals surface area contributed by atoms with Crippen LogP contribution in [0.2, 0.25) is 0 Å². The van der Waals surface area contributed by atoms with Crippen molar-refractivity contribution in [2.75, 3.05) is 13.6 Å². The van der Waals surface area contributed by atoms with E-state index in [1.165, 1.54) is 17.0 Å². The second kappa shape index (κ2) is 6.08. The first-order chi connectivity index (χ1) is 8.86. The van der Waals surface area contributed by atoms with Crippen LogP contribution >= 0.6 is 0 Å². The van der Waals surface area contributed by atoms with Gasteiger partial charge >= 0.3 is 0 Å². The molecule has 1 unspecified atom stereocenters. The molecule has 104 valence electrons. The number of nitrogens with one attached hydrogen (secondary N) is 1. The predicted octanol–water partition coefficient (Wildman–Crippen LogP) is 0.694. The summed E-state index contributed by atoms with van der Waals surface area (Å²) in [6.45, 7) is 3.93. The van der Waals surface area contributed by atoms with Gasteiger partial charge in [0.05, 0.1) is 5.56 Å². The number of carbonyl (C=O) groups excluding carboxylic acids is 2. The molecular weight excluding hydrogens is 248 g/mol. The van der Waals surface area contributed by atoms with Gasteiger partial charge in [-0.3, -0.25) is 9.59 Å². The fourth-order valence-corrected chi connectivity index (χ4v) is 1.53. The lowest BCUT2D eigenvalue weighted by Gasteiger charge is -2.20. The normalized spacial score (nSPS) is 11.7. The van der Waals surface area contributed by atoms with Gasteiger partial charge in [0.1, 0.15) is 17.5 Å². The largest absolute Gasteiger partial charge is 0.508 e. The van der Waals surface area contributed by atoms with Crippen molar-refractivity contribution in [3.05, 3.63) is 23.8 Å². The van der Waals surface area contributed by atoms with Gasteiger partial charge in [0.2, 0.25) is 5.91 Å². The Hall–Kier alpha value is -2.24. The number of carbonyl (C=O) groups is 2. The maximum atomic E-state index is 11.9. The van der Waals surface area contributed by atoms with E-state index in [2.05, 4.69) is 5.32 Å². The minimum absolute atomic E-state index is 0.0706. The molecule has 1 rings (SSSR count). The van der Waals surface area contributed by atoms with E-state index in [9.17, 15) is 19.8 Å². The van der Waals surface area contributed by atoms with Crippen molar-refractivity contribution in [3.63, 3.8) is 0 Å². The van der Waals surface area contributed by atoms with Crippen LogP contribution < -0.4 is 5.32 Å². The lowest BCUT2D eigenvalue weighted by Crippen LogP contribution is -2.45. The van der Waals surface area contributed by atoms with Crippen molar-refractivity contribution in [2.24, 2.45) is 0 Å². The molecule has 1 aromatic carbocycles. The Morgan fingerprint density at radius 1 is 1.37 bits per heavy atom. The van der Waals surface area contributed by atoms with Gasteiger partial charge in [0.15, 0.2) is 0 Å². The van der Waals surface area contributed by atoms with E-state index in [0.717, 1.165) is 6.07 Å². The van der Waals surface area contributed by atoms with E-state index in [0.29, 0.717) is 6.54 Å². The summed E-state index contributed by atoms with van der Waals surface area (Å²) < 4.78 is 0. The molecule has 0 fully saturated rings. The van der Waals surface area contributed by atoms with E-state index in [1.54, 1.807) is 14.0 Å². The molecule has 0 aliphatic heterocycles. The van der Waals surface area contributed by atoms with Gasteiger partial charge in [-0.1, -0.05) is 0 Å². The molecule has 0 saturated carbocycles. The summed E-state index contributed by atoms with van der Waals surface area (Å²) in [5.74, 6) is -1.22. The van der Waals surface area contributed by atoms with Gasteiger partial charge in [0.25, 0.3) is 5.91 Å². The van der Waals surface area contributed by atoms with Gasteiger partial charge in [-0.25, -0.2) is 0 Å². The third-order valence-corrected chi connectivity index (χ3v) is 2.79. The molecule has 0 aromatic heterocycles. The molecule has 0 saturated heterocycles. The zero-order valence-corrected chi connectivity index (χ0v) is 11.2. The van der Waals surface area contributed by atoms with Gasteiger partial charge in [-0.15, -0.1) is 0 Å². The minimum atomic E-state index is -0.709. The molecule has 0 aliphatic rings. The van der Waals surface area contributed by atoms with E-state index in [-0.39, 0.29) is 23.0 Å². The van der Waals surface area contributed by atoms with Gasteiger partial charge in [0, 0.05) is 13.6 Å². The van der Waals surface area contributed by atoms with Crippen molar-refractivity contribution >= 4 is 11.8 Å². The monoisotopic (exact) mass is 266 g/mol. The van der Waals surface area contributed by atoms with E-state index in [4.69, 9.17) is 0 Å². The Morgan fingerprint density at radius 2 is 2.00 bits per heavy atom. The topological polar surface area (TPSA) is 89.9 Å². The number of amides is 2. The lowest BCUT2D eigenvalue weighted by molar-refractivity contribution is -0.131. The number of benzene rings is 1. The van der Waals surface area contributed by atoms with Crippen LogP contribution in [0.5, 0.6) is 11.5 Å². The molecule has 0 spiro atoms. The zero-order chi connectivity index (χ0) is 14.6. The summed E-state index contributed by atoms with van der Waals surface area (Å²) in [6, 6.07) is 2.92. The number of hydrogen-bond acceptors (Lipinski definition) is 4. The molecule has 19 heavy (non-hydrogen) atoms. The van der Waals surface area contributed by atoms with Crippen molar-refractivity contribution in [1.29, 1.82) is 0 Å². The third-order valence-electron chi connectivity index (χ3n) is 2.79. The molecule has 0 radical (unpaired) electrons. The van der Waals surface area contributed by atoms with Crippen LogP contribution in [-0.2, 0) is 4.79 Å². The number of phenolic OH excluding ortho intramolecular Hbond substituents is 2. The van der Waals surface area contributed by atoms with Gasteiger partial charge in [-0.05, 0) is 32.0 Å². The SMILES string of the molecule is CCN(C)C(=O)C(C)NC(=O)c1cc(O)ccc1O. The van der Waals surface area contributed by atoms with Crippen LogP contribution in [0.1, 0.15) is 24.2 Å². The first-order valence-electron chi connectivity index (χ1n) is 5.94. The van der Waals surface area contributed by atoms with Gasteiger partial charge < -0.3 is 20.4 Å². The van der Waals surface area contributed by atoms with Crippen LogP contribution in [0.4, 0.5) is 0 Å². The fourth-order valence-electron chi connectivity index (χ4n) is 1.53. The molecule has 3 N–H and O–H groups in total. The highest BCUT2D eigenvalue weighted by atomic mass is 16.3. The summed E-state index contributed by atoms with van der Waals surface area (Å²) in [5, 5.41) is 21.3. The number of rotatable bonds is 4. The molecular formula is C13H18N2O4. The zero-order valence-electron chi connectivity index (χ0n) is 11.2. The summed E-state index contributed by atoms with van der Waals surface area (Å²) in [7, 11) is 1.64. The molecule has 6 heteroatoms. The summed E-state index contributed by atoms with van der Waals surface area (Å²) >= 11 is 0. The Labute approximate surface area is 111 Å². The second-order valence-corrected chi connectivity index (χ2v) is 4.25. The first kappa shape index (κ1) is 14.8. The van der Waals surface area contributed by atoms with Crippen LogP contribution in [0.25, 0.3) is 0 Å². The van der Waals surface area contributed by atoms with Crippen molar-refractivity contribution < 1.29 is 19.8 Å². The standard InChI is InChI=1S/C13H18N2O4/c1-4-15(3)13(19)8(2)14-12(18)10-7-9(16)5-6-11(10)17/h5-8,16-17H,4H2,1-3H3,(H,14,18). The Morgan fingerprint density at radius 3 is 2.58 bits per heavy atom. The van der Waals surface area contributed by atoms with Crippen LogP contribution in [0, 0.1) is 0 Å². The fraction of sp³-hybridized carbons (Fsp3) is 0.385. The summed E-state index contributed by atoms with van der Waals surface area (Å²) in [6.07, 6.45) is 0. The van der Waals surface area contributed by atoms with Crippen molar-refractivity contribution in [1.82, 2.24) is 10.2 Å². The highest BCUT2D eigenvalue weighted by Crippen LogP contribution is 2.21. The number of nitrogens with zero attached hydrogens (tertiary/aromatic N) is 1. The van der Waals surface area contributed by atoms with Crippen LogP contribution in [0.3, 0.4) is 0 Å². The maximum Gasteiger partial charge on any atom is 0.255 e. The summed E-state index contributed by atoms with van der Waals surface area (Å²) in [4.78, 5) is 25.2. The second-order valence-electron chi connectivity index (χ2n) is 4.25. The van der Waals surface area contributed by atoms with Crippen LogP contribution in [-0.4, -0.2) is 46.6 Å². The van der Waals surface area contributed by atoms with E-state index >= 15 is 0 Å². The minimum Gasteiger partial charge on any atom is -0.508 e. The van der Waals surface area contributed by atoms with Crippen LogP contribution in [0.15, 0.2) is 18.2 Å². The number of hydrogen-bond donors (Lipinski definition) is 3. The molecule has 0 bridgehead atoms. The average Bonchev–Trinajstić information content (AvgIpc) is 2.39. The smallest absolute Gasteiger partial charge is 0.255 e. The van der Waals surface area contributed by atoms with E-state index < -0.39 is 11.9 Å². The molecule has 1 atom stereocenters. The molecule has 2 amide bonds. The third kappa shape index (κ3) is 3.61. The lowest BCUT2D eigenvalue weighted by atomic mass is 10.1. The number of likely N-dealkylation sites (N-methyl/N-ethyl adjacent to an activating group) is 1. The average molecular weight is 266 g/mol. The Balaban J connectivity index is 2.80. The van der Waals surface area contributed by atoms with E-state index in [1.807, 2.05) is 6.92 Å². The quantitative estimate of drug-likeness (QED) is 0.700. The van der Waals surface area contributed by atoms with Crippen molar-refractivity contribution in [2.45, 2.75) is 19.9 Å². The summed E-state index contributed by atoms with van der Waals surface area (Å²) in [5.41, 5.74) is -0.0706. The number of phenols is 2. The molecule has 0 aliphatic carbocycles. The molecule has 6 nitrogen and oxygen atoms in total. The molecule has 0 heterocycles. The van der Waals surface area contributed by atoms with Crippen molar-refractivity contribution in [3.8, 4) is 11.5 Å². The number of aromatic hydroxyl groups is 2. The highest BCUT2D eigenvalue weighted by molar-refractivity contribution is 5.99.